The fourth-order valence-corrected chi connectivity index (χ4v) is 3.49. The second-order valence-electron chi connectivity index (χ2n) is 5.40. The lowest BCUT2D eigenvalue weighted by atomic mass is 10.0. The first-order chi connectivity index (χ1) is 10.6. The van der Waals surface area contributed by atoms with Crippen molar-refractivity contribution in [3.05, 3.63) is 41.4 Å². The van der Waals surface area contributed by atoms with Gasteiger partial charge in [0.15, 0.2) is 6.10 Å². The Morgan fingerprint density at radius 3 is 2.86 bits per heavy atom. The molecule has 116 valence electrons. The molecule has 3 N–H and O–H groups in total. The molecule has 3 rings (SSSR count). The number of nitrogens with one attached hydrogen (secondary N) is 1. The van der Waals surface area contributed by atoms with E-state index in [4.69, 9.17) is 0 Å². The van der Waals surface area contributed by atoms with Gasteiger partial charge in [-0.2, -0.15) is 0 Å². The maximum atomic E-state index is 12.1. The highest BCUT2D eigenvalue weighted by Gasteiger charge is 2.29. The zero-order valence-electron chi connectivity index (χ0n) is 12.0. The van der Waals surface area contributed by atoms with Gasteiger partial charge in [0.1, 0.15) is 11.1 Å². The van der Waals surface area contributed by atoms with Crippen LogP contribution in [0.5, 0.6) is 0 Å². The molecule has 3 atom stereocenters. The summed E-state index contributed by atoms with van der Waals surface area (Å²) in [6.07, 6.45) is 3.81. The summed E-state index contributed by atoms with van der Waals surface area (Å²) in [5.41, 5.74) is 0.756. The van der Waals surface area contributed by atoms with E-state index in [-0.39, 0.29) is 6.04 Å². The average Bonchev–Trinajstić information content (AvgIpc) is 2.98. The molecule has 5 nitrogen and oxygen atoms in total. The lowest BCUT2D eigenvalue weighted by molar-refractivity contribution is -0.136. The first-order valence-corrected chi connectivity index (χ1v) is 8.14. The number of aliphatic hydroxyl groups is 2. The molecule has 2 aromatic rings. The number of hydrogen-bond acceptors (Lipinski definition) is 5. The van der Waals surface area contributed by atoms with Gasteiger partial charge in [-0.3, -0.25) is 4.79 Å². The van der Waals surface area contributed by atoms with Crippen LogP contribution in [0, 0.1) is 0 Å². The van der Waals surface area contributed by atoms with Gasteiger partial charge >= 0.3 is 0 Å². The van der Waals surface area contributed by atoms with Crippen molar-refractivity contribution in [3.63, 3.8) is 0 Å². The van der Waals surface area contributed by atoms with E-state index < -0.39 is 18.1 Å². The monoisotopic (exact) mass is 318 g/mol. The Bertz CT molecular complexity index is 665. The Kier molecular flexibility index (Phi) is 4.52. The van der Waals surface area contributed by atoms with Crippen LogP contribution in [0.15, 0.2) is 36.4 Å². The summed E-state index contributed by atoms with van der Waals surface area (Å²) in [6.45, 7) is 0. The van der Waals surface area contributed by atoms with Crippen LogP contribution >= 0.6 is 11.3 Å². The first-order valence-electron chi connectivity index (χ1n) is 7.32. The molecule has 0 saturated heterocycles. The number of hydrogen-bond donors (Lipinski definition) is 3. The van der Waals surface area contributed by atoms with Gasteiger partial charge in [-0.25, -0.2) is 4.98 Å². The second-order valence-corrected chi connectivity index (χ2v) is 6.46. The number of amides is 1. The van der Waals surface area contributed by atoms with Crippen molar-refractivity contribution in [3.8, 4) is 0 Å². The summed E-state index contributed by atoms with van der Waals surface area (Å²) in [5.74, 6) is -0.549. The van der Waals surface area contributed by atoms with E-state index >= 15 is 0 Å². The summed E-state index contributed by atoms with van der Waals surface area (Å²) in [6, 6.07) is 7.50. The third kappa shape index (κ3) is 3.19. The number of nitrogens with zero attached hydrogens (tertiary/aromatic N) is 1. The van der Waals surface area contributed by atoms with Crippen molar-refractivity contribution in [2.75, 3.05) is 0 Å². The Hall–Kier alpha value is -1.76. The van der Waals surface area contributed by atoms with Crippen LogP contribution in [0.3, 0.4) is 0 Å². The molecule has 1 amide bonds. The van der Waals surface area contributed by atoms with E-state index in [9.17, 15) is 15.0 Å². The molecule has 1 heterocycles. The third-order valence-corrected chi connectivity index (χ3v) is 4.85. The molecule has 1 aliphatic carbocycles. The number of thiazole rings is 1. The summed E-state index contributed by atoms with van der Waals surface area (Å²) in [5, 5.41) is 23.4. The third-order valence-electron chi connectivity index (χ3n) is 3.75. The molecule has 3 unspecified atom stereocenters. The van der Waals surface area contributed by atoms with E-state index in [2.05, 4.69) is 16.4 Å². The van der Waals surface area contributed by atoms with Crippen LogP contribution in [0.4, 0.5) is 0 Å². The van der Waals surface area contributed by atoms with Gasteiger partial charge in [0.05, 0.1) is 10.2 Å². The molecule has 1 aromatic heterocycles. The molecule has 0 fully saturated rings. The number of fused-ring (bicyclic) bond motifs is 1. The van der Waals surface area contributed by atoms with E-state index in [0.29, 0.717) is 5.01 Å². The summed E-state index contributed by atoms with van der Waals surface area (Å²) < 4.78 is 0.918. The Labute approximate surface area is 132 Å². The number of benzene rings is 1. The molecule has 0 bridgehead atoms. The van der Waals surface area contributed by atoms with E-state index in [0.717, 1.165) is 29.5 Å². The van der Waals surface area contributed by atoms with Crippen LogP contribution in [0.1, 0.15) is 30.4 Å². The molecule has 0 saturated carbocycles. The fraction of sp³-hybridized carbons (Fsp3) is 0.375. The molecule has 0 spiro atoms. The van der Waals surface area contributed by atoms with E-state index in [1.807, 2.05) is 30.3 Å². The normalized spacial score (nSPS) is 20.7. The van der Waals surface area contributed by atoms with Crippen LogP contribution < -0.4 is 5.32 Å². The van der Waals surface area contributed by atoms with Crippen molar-refractivity contribution < 1.29 is 15.0 Å². The Balaban J connectivity index is 1.68. The van der Waals surface area contributed by atoms with Crippen molar-refractivity contribution in [2.24, 2.45) is 0 Å². The van der Waals surface area contributed by atoms with Crippen molar-refractivity contribution in [2.45, 2.75) is 37.5 Å². The summed E-state index contributed by atoms with van der Waals surface area (Å²) >= 11 is 1.28. The zero-order chi connectivity index (χ0) is 15.5. The number of carbonyl (C=O) groups excluding carboxylic acids is 1. The van der Waals surface area contributed by atoms with Crippen LogP contribution in [0.25, 0.3) is 10.2 Å². The van der Waals surface area contributed by atoms with E-state index in [1.165, 1.54) is 11.3 Å². The molecular formula is C16H18N2O3S. The maximum absolute atomic E-state index is 12.1. The fourth-order valence-electron chi connectivity index (χ4n) is 2.51. The number of rotatable bonds is 4. The summed E-state index contributed by atoms with van der Waals surface area (Å²) in [4.78, 5) is 16.4. The first kappa shape index (κ1) is 15.1. The quantitative estimate of drug-likeness (QED) is 0.752. The number of para-hydroxylation sites is 1. The van der Waals surface area contributed by atoms with Gasteiger partial charge in [0.25, 0.3) is 5.91 Å². The predicted molar refractivity (Wildman–Crippen MR) is 85.5 cm³/mol. The van der Waals surface area contributed by atoms with Crippen molar-refractivity contribution >= 4 is 27.5 Å². The van der Waals surface area contributed by atoms with Crippen LogP contribution in [-0.2, 0) is 4.79 Å². The van der Waals surface area contributed by atoms with Gasteiger partial charge in [0, 0.05) is 6.04 Å². The van der Waals surface area contributed by atoms with Crippen molar-refractivity contribution in [1.29, 1.82) is 0 Å². The van der Waals surface area contributed by atoms with Gasteiger partial charge < -0.3 is 15.5 Å². The standard InChI is InChI=1S/C16H18N2O3S/c19-13(15(21)17-10-6-2-1-3-7-10)14(20)16-18-11-8-4-5-9-12(11)22-16/h1-2,4-5,8-10,13-14,19-20H,3,6-7H2,(H,17,21). The van der Waals surface area contributed by atoms with Crippen LogP contribution in [0.2, 0.25) is 0 Å². The minimum atomic E-state index is -1.51. The topological polar surface area (TPSA) is 82.5 Å². The molecule has 0 radical (unpaired) electrons. The highest BCUT2D eigenvalue weighted by Crippen LogP contribution is 2.28. The molecule has 0 aliphatic heterocycles. The van der Waals surface area contributed by atoms with Gasteiger partial charge in [-0.1, -0.05) is 24.3 Å². The smallest absolute Gasteiger partial charge is 0.252 e. The molecule has 1 aromatic carbocycles. The Morgan fingerprint density at radius 1 is 1.32 bits per heavy atom. The lowest BCUT2D eigenvalue weighted by Gasteiger charge is -2.22. The van der Waals surface area contributed by atoms with E-state index in [1.54, 1.807) is 0 Å². The average molecular weight is 318 g/mol. The molecular weight excluding hydrogens is 300 g/mol. The lowest BCUT2D eigenvalue weighted by Crippen LogP contribution is -2.44. The highest BCUT2D eigenvalue weighted by molar-refractivity contribution is 7.18. The molecule has 6 heteroatoms. The van der Waals surface area contributed by atoms with Gasteiger partial charge in [-0.05, 0) is 31.4 Å². The number of carbonyl (C=O) groups is 1. The largest absolute Gasteiger partial charge is 0.383 e. The molecule has 1 aliphatic rings. The number of aliphatic hydroxyl groups excluding tert-OH is 2. The van der Waals surface area contributed by atoms with Gasteiger partial charge in [-0.15, -0.1) is 11.3 Å². The minimum Gasteiger partial charge on any atom is -0.383 e. The second kappa shape index (κ2) is 6.56. The van der Waals surface area contributed by atoms with Gasteiger partial charge in [0.2, 0.25) is 0 Å². The predicted octanol–water partition coefficient (Wildman–Crippen LogP) is 1.92. The van der Waals surface area contributed by atoms with Crippen molar-refractivity contribution in [1.82, 2.24) is 10.3 Å². The SMILES string of the molecule is O=C(NC1CC=CCC1)C(O)C(O)c1nc2ccccc2s1. The zero-order valence-corrected chi connectivity index (χ0v) is 12.8. The number of allylic oxidation sites excluding steroid dienone is 1. The highest BCUT2D eigenvalue weighted by atomic mass is 32.1. The summed E-state index contributed by atoms with van der Waals surface area (Å²) in [7, 11) is 0. The molecule has 22 heavy (non-hydrogen) atoms. The van der Waals surface area contributed by atoms with Crippen LogP contribution in [-0.4, -0.2) is 33.3 Å². The number of aromatic nitrogens is 1. The Morgan fingerprint density at radius 2 is 2.14 bits per heavy atom. The maximum Gasteiger partial charge on any atom is 0.252 e. The minimum absolute atomic E-state index is 0.0229.